The minimum Gasteiger partial charge on any atom is -0.298 e. The van der Waals surface area contributed by atoms with Crippen LogP contribution >= 0.6 is 0 Å². The molecule has 0 aromatic heterocycles. The first kappa shape index (κ1) is 30.1. The molecule has 1 atom stereocenters. The summed E-state index contributed by atoms with van der Waals surface area (Å²) in [6.45, 7) is 4.61. The number of rotatable bonds is 11. The second-order valence-corrected chi connectivity index (χ2v) is 15.6. The molecule has 39 heavy (non-hydrogen) atoms. The molecule has 1 unspecified atom stereocenters. The molecule has 5 saturated carbocycles. The third-order valence-corrected chi connectivity index (χ3v) is 13.5. The van der Waals surface area contributed by atoms with Gasteiger partial charge < -0.3 is 0 Å². The Balaban J connectivity index is 1.02. The first-order chi connectivity index (χ1) is 19.0. The number of carbonyl (C=O) groups is 1. The number of hydrogen-bond donors (Lipinski definition) is 0. The van der Waals surface area contributed by atoms with Gasteiger partial charge in [-0.05, 0) is 113 Å². The van der Waals surface area contributed by atoms with E-state index in [1.54, 1.807) is 0 Å². The number of Topliss-reactive ketones (excluding diaryl/α,β-unsaturated/α-hetero) is 1. The summed E-state index contributed by atoms with van der Waals surface area (Å²) in [5.74, 6) is 5.55. The average Bonchev–Trinajstić information content (AvgIpc) is 2.99. The highest BCUT2D eigenvalue weighted by Crippen LogP contribution is 2.66. The summed E-state index contributed by atoms with van der Waals surface area (Å²) >= 11 is 0. The molecular weight excluding hydrogens is 479 g/mol. The third-order valence-electron chi connectivity index (χ3n) is 13.5. The van der Waals surface area contributed by atoms with Crippen molar-refractivity contribution in [3.05, 3.63) is 0 Å². The van der Waals surface area contributed by atoms with E-state index in [0.29, 0.717) is 5.78 Å². The highest BCUT2D eigenvalue weighted by atomic mass is 19.1. The molecule has 224 valence electrons. The van der Waals surface area contributed by atoms with Crippen LogP contribution < -0.4 is 0 Å². The fourth-order valence-corrected chi connectivity index (χ4v) is 10.9. The summed E-state index contributed by atoms with van der Waals surface area (Å²) in [5, 5.41) is 0. The van der Waals surface area contributed by atoms with E-state index in [9.17, 15) is 4.79 Å². The van der Waals surface area contributed by atoms with E-state index < -0.39 is 17.0 Å². The predicted molar refractivity (Wildman–Crippen MR) is 162 cm³/mol. The van der Waals surface area contributed by atoms with Gasteiger partial charge in [0.25, 0.3) is 0 Å². The highest BCUT2D eigenvalue weighted by molar-refractivity contribution is 5.98. The lowest BCUT2D eigenvalue weighted by molar-refractivity contribution is -0.194. The zero-order chi connectivity index (χ0) is 27.3. The lowest BCUT2D eigenvalue weighted by atomic mass is 9.41. The van der Waals surface area contributed by atoms with Crippen molar-refractivity contribution in [2.45, 2.75) is 181 Å². The molecule has 0 aromatic rings. The van der Waals surface area contributed by atoms with Crippen molar-refractivity contribution in [2.24, 2.45) is 46.3 Å². The van der Waals surface area contributed by atoms with Crippen LogP contribution in [0.4, 0.5) is 4.39 Å². The van der Waals surface area contributed by atoms with Crippen LogP contribution in [0.1, 0.15) is 174 Å². The van der Waals surface area contributed by atoms with Gasteiger partial charge in [0, 0.05) is 0 Å². The van der Waals surface area contributed by atoms with E-state index in [4.69, 9.17) is 0 Å². The average molecular weight is 543 g/mol. The normalized spacial score (nSPS) is 43.1. The summed E-state index contributed by atoms with van der Waals surface area (Å²) < 4.78 is 16.2. The van der Waals surface area contributed by atoms with E-state index in [2.05, 4.69) is 13.8 Å². The van der Waals surface area contributed by atoms with Crippen molar-refractivity contribution in [1.82, 2.24) is 0 Å². The van der Waals surface area contributed by atoms with Crippen molar-refractivity contribution in [2.75, 3.05) is 0 Å². The van der Waals surface area contributed by atoms with Gasteiger partial charge in [0.15, 0.2) is 5.78 Å². The first-order valence-electron chi connectivity index (χ1n) is 18.2. The molecular formula is C37H63FO. The zero-order valence-corrected chi connectivity index (χ0v) is 26.0. The molecule has 0 aromatic carbocycles. The van der Waals surface area contributed by atoms with E-state index in [0.717, 1.165) is 86.9 Å². The zero-order valence-electron chi connectivity index (χ0n) is 26.0. The fourth-order valence-electron chi connectivity index (χ4n) is 10.9. The highest BCUT2D eigenvalue weighted by Gasteiger charge is 2.71. The SMILES string of the molecule is CCCCCCCC[C@H]1CC[C@H](C2CCC3(CC2)C(=O)C2(CCC([C@H]4CC[C@H](CCC)CC4)CC2)C3F)CC1. The van der Waals surface area contributed by atoms with Crippen LogP contribution in [0.5, 0.6) is 0 Å². The van der Waals surface area contributed by atoms with Crippen molar-refractivity contribution >= 4 is 5.78 Å². The number of carbonyl (C=O) groups excluding carboxylic acids is 1. The molecule has 0 bridgehead atoms. The Morgan fingerprint density at radius 1 is 0.538 bits per heavy atom. The topological polar surface area (TPSA) is 17.1 Å². The minimum absolute atomic E-state index is 0.383. The van der Waals surface area contributed by atoms with Crippen molar-refractivity contribution in [3.8, 4) is 0 Å². The van der Waals surface area contributed by atoms with Crippen LogP contribution in [0.2, 0.25) is 0 Å². The second-order valence-electron chi connectivity index (χ2n) is 15.6. The van der Waals surface area contributed by atoms with E-state index in [-0.39, 0.29) is 0 Å². The molecule has 5 fully saturated rings. The lowest BCUT2D eigenvalue weighted by Gasteiger charge is -2.62. The van der Waals surface area contributed by atoms with Crippen molar-refractivity contribution < 1.29 is 9.18 Å². The van der Waals surface area contributed by atoms with Crippen LogP contribution in [0.15, 0.2) is 0 Å². The van der Waals surface area contributed by atoms with Crippen LogP contribution in [-0.2, 0) is 4.79 Å². The molecule has 2 spiro atoms. The largest absolute Gasteiger partial charge is 0.298 e. The Morgan fingerprint density at radius 2 is 0.949 bits per heavy atom. The molecule has 1 nitrogen and oxygen atoms in total. The van der Waals surface area contributed by atoms with E-state index in [1.165, 1.54) is 109 Å². The van der Waals surface area contributed by atoms with Gasteiger partial charge in [-0.2, -0.15) is 0 Å². The second kappa shape index (κ2) is 13.7. The predicted octanol–water partition coefficient (Wildman–Crippen LogP) is 11.4. The number of alkyl halides is 1. The maximum atomic E-state index is 16.2. The van der Waals surface area contributed by atoms with Crippen molar-refractivity contribution in [3.63, 3.8) is 0 Å². The molecule has 0 amide bonds. The molecule has 0 heterocycles. The van der Waals surface area contributed by atoms with Crippen LogP contribution in [0, 0.1) is 46.3 Å². The monoisotopic (exact) mass is 542 g/mol. The summed E-state index contributed by atoms with van der Waals surface area (Å²) in [5.41, 5.74) is -1.14. The maximum absolute atomic E-state index is 16.2. The summed E-state index contributed by atoms with van der Waals surface area (Å²) in [4.78, 5) is 13.8. The van der Waals surface area contributed by atoms with Crippen LogP contribution in [0.25, 0.3) is 0 Å². The molecule has 5 aliphatic rings. The molecule has 0 radical (unpaired) electrons. The standard InChI is InChI=1S/C37H63FO/c1-3-5-6-7-8-9-11-29-14-18-31(19-15-29)33-22-26-37(27-23-33)34(38)36(35(37)39)24-20-32(21-25-36)30-16-12-28(10-4-2)13-17-30/h28-34H,3-27H2,1-2H3/t28-,29-,30-,31-,32?,33?,34?,36?,37?. The quantitative estimate of drug-likeness (QED) is 0.237. The number of unbranched alkanes of at least 4 members (excludes halogenated alkanes) is 5. The molecule has 2 heteroatoms. The minimum atomic E-state index is -0.840. The summed E-state index contributed by atoms with van der Waals surface area (Å²) in [7, 11) is 0. The molecule has 0 N–H and O–H groups in total. The van der Waals surface area contributed by atoms with Gasteiger partial charge in [-0.25, -0.2) is 4.39 Å². The lowest BCUT2D eigenvalue weighted by Crippen LogP contribution is -2.69. The molecule has 0 aliphatic heterocycles. The van der Waals surface area contributed by atoms with Gasteiger partial charge in [-0.3, -0.25) is 4.79 Å². The fraction of sp³-hybridized carbons (Fsp3) is 0.973. The van der Waals surface area contributed by atoms with Crippen molar-refractivity contribution in [1.29, 1.82) is 0 Å². The molecule has 5 rings (SSSR count). The van der Waals surface area contributed by atoms with Gasteiger partial charge >= 0.3 is 0 Å². The first-order valence-corrected chi connectivity index (χ1v) is 18.2. The van der Waals surface area contributed by atoms with Gasteiger partial charge in [-0.15, -0.1) is 0 Å². The Kier molecular flexibility index (Phi) is 10.6. The summed E-state index contributed by atoms with van der Waals surface area (Å²) in [6.07, 6.45) is 31.0. The number of ketones is 1. The maximum Gasteiger partial charge on any atom is 0.151 e. The van der Waals surface area contributed by atoms with Gasteiger partial charge in [-0.1, -0.05) is 97.3 Å². The van der Waals surface area contributed by atoms with Gasteiger partial charge in [0.2, 0.25) is 0 Å². The summed E-state index contributed by atoms with van der Waals surface area (Å²) in [6, 6.07) is 0. The van der Waals surface area contributed by atoms with Gasteiger partial charge in [0.1, 0.15) is 6.17 Å². The Bertz CT molecular complexity index is 741. The Morgan fingerprint density at radius 3 is 1.38 bits per heavy atom. The molecule has 0 saturated heterocycles. The van der Waals surface area contributed by atoms with Gasteiger partial charge in [0.05, 0.1) is 10.8 Å². The van der Waals surface area contributed by atoms with E-state index in [1.807, 2.05) is 0 Å². The number of hydrogen-bond acceptors (Lipinski definition) is 1. The Hall–Kier alpha value is -0.400. The van der Waals surface area contributed by atoms with E-state index >= 15 is 4.39 Å². The smallest absolute Gasteiger partial charge is 0.151 e. The third kappa shape index (κ3) is 6.35. The molecule has 5 aliphatic carbocycles. The van der Waals surface area contributed by atoms with Crippen LogP contribution in [0.3, 0.4) is 0 Å². The van der Waals surface area contributed by atoms with Crippen LogP contribution in [-0.4, -0.2) is 12.0 Å². The number of halogens is 1. The Labute approximate surface area is 241 Å².